The highest BCUT2D eigenvalue weighted by Gasteiger charge is 2.20. The molecule has 2 rings (SSSR count). The second kappa shape index (κ2) is 3.23. The summed E-state index contributed by atoms with van der Waals surface area (Å²) in [5, 5.41) is 13.1. The Morgan fingerprint density at radius 3 is 2.80 bits per heavy atom. The first kappa shape index (κ1) is 9.45. The van der Waals surface area contributed by atoms with Gasteiger partial charge in [-0.1, -0.05) is 0 Å². The van der Waals surface area contributed by atoms with E-state index in [-0.39, 0.29) is 5.56 Å². The standard InChI is InChI=1S/C9H10N4O2/c1-6-7(9(14)15)8(12(2)11-6)13-4-3-10-5-13/h3-5H,1-2H3,(H,14,15). The van der Waals surface area contributed by atoms with Crippen molar-refractivity contribution in [3.63, 3.8) is 0 Å². The lowest BCUT2D eigenvalue weighted by Crippen LogP contribution is -2.07. The van der Waals surface area contributed by atoms with Gasteiger partial charge in [0.25, 0.3) is 0 Å². The van der Waals surface area contributed by atoms with Crippen LogP contribution in [0.25, 0.3) is 5.82 Å². The molecule has 0 bridgehead atoms. The van der Waals surface area contributed by atoms with Gasteiger partial charge in [0.1, 0.15) is 11.9 Å². The largest absolute Gasteiger partial charge is 0.477 e. The predicted molar refractivity (Wildman–Crippen MR) is 52.0 cm³/mol. The molecule has 0 saturated heterocycles. The molecular weight excluding hydrogens is 196 g/mol. The Bertz CT molecular complexity index is 498. The van der Waals surface area contributed by atoms with Gasteiger partial charge in [-0.25, -0.2) is 9.78 Å². The maximum absolute atomic E-state index is 11.1. The minimum absolute atomic E-state index is 0.204. The summed E-state index contributed by atoms with van der Waals surface area (Å²) in [5.41, 5.74) is 0.698. The van der Waals surface area contributed by atoms with Gasteiger partial charge >= 0.3 is 5.97 Å². The SMILES string of the molecule is Cc1nn(C)c(-n2ccnc2)c1C(=O)O. The van der Waals surface area contributed by atoms with Crippen molar-refractivity contribution in [2.24, 2.45) is 7.05 Å². The molecular formula is C9H10N4O2. The number of rotatable bonds is 2. The molecule has 0 unspecified atom stereocenters. The van der Waals surface area contributed by atoms with Crippen molar-refractivity contribution >= 4 is 5.97 Å². The van der Waals surface area contributed by atoms with Crippen LogP contribution in [0, 0.1) is 6.92 Å². The molecule has 15 heavy (non-hydrogen) atoms. The number of carboxylic acids is 1. The van der Waals surface area contributed by atoms with E-state index >= 15 is 0 Å². The molecule has 2 heterocycles. The smallest absolute Gasteiger partial charge is 0.341 e. The molecule has 0 fully saturated rings. The Morgan fingerprint density at radius 1 is 1.53 bits per heavy atom. The van der Waals surface area contributed by atoms with E-state index in [9.17, 15) is 4.79 Å². The lowest BCUT2D eigenvalue weighted by atomic mass is 10.2. The summed E-state index contributed by atoms with van der Waals surface area (Å²) in [7, 11) is 1.70. The van der Waals surface area contributed by atoms with Crippen molar-refractivity contribution in [1.29, 1.82) is 0 Å². The first-order chi connectivity index (χ1) is 7.11. The highest BCUT2D eigenvalue weighted by Crippen LogP contribution is 2.17. The molecule has 0 aliphatic heterocycles. The first-order valence-electron chi connectivity index (χ1n) is 4.36. The summed E-state index contributed by atoms with van der Waals surface area (Å²) in [6.07, 6.45) is 4.82. The van der Waals surface area contributed by atoms with Crippen molar-refractivity contribution in [2.75, 3.05) is 0 Å². The third-order valence-electron chi connectivity index (χ3n) is 2.15. The Morgan fingerprint density at radius 2 is 2.27 bits per heavy atom. The van der Waals surface area contributed by atoms with Gasteiger partial charge in [0.2, 0.25) is 0 Å². The average Bonchev–Trinajstić information content (AvgIpc) is 2.71. The van der Waals surface area contributed by atoms with Crippen LogP contribution < -0.4 is 0 Å². The second-order valence-electron chi connectivity index (χ2n) is 3.18. The minimum atomic E-state index is -0.982. The van der Waals surface area contributed by atoms with Crippen LogP contribution in [-0.4, -0.2) is 30.4 Å². The molecule has 6 nitrogen and oxygen atoms in total. The van der Waals surface area contributed by atoms with Crippen LogP contribution in [0.15, 0.2) is 18.7 Å². The number of hydrogen-bond donors (Lipinski definition) is 1. The molecule has 6 heteroatoms. The van der Waals surface area contributed by atoms with E-state index in [0.29, 0.717) is 11.5 Å². The van der Waals surface area contributed by atoms with Crippen molar-refractivity contribution < 1.29 is 9.90 Å². The normalized spacial score (nSPS) is 10.5. The van der Waals surface area contributed by atoms with E-state index in [1.807, 2.05) is 0 Å². The molecule has 2 aromatic heterocycles. The van der Waals surface area contributed by atoms with E-state index in [1.165, 1.54) is 4.68 Å². The molecule has 78 valence electrons. The average molecular weight is 206 g/mol. The van der Waals surface area contributed by atoms with Crippen LogP contribution in [0.2, 0.25) is 0 Å². The summed E-state index contributed by atoms with van der Waals surface area (Å²) in [5.74, 6) is -0.471. The molecule has 0 saturated carbocycles. The Balaban J connectivity index is 2.70. The summed E-state index contributed by atoms with van der Waals surface area (Å²) in [6.45, 7) is 1.67. The number of aryl methyl sites for hydroxylation is 2. The highest BCUT2D eigenvalue weighted by molar-refractivity contribution is 5.92. The number of aromatic carboxylic acids is 1. The van der Waals surface area contributed by atoms with Crippen LogP contribution in [0.1, 0.15) is 16.1 Å². The fraction of sp³-hybridized carbons (Fsp3) is 0.222. The quantitative estimate of drug-likeness (QED) is 0.781. The van der Waals surface area contributed by atoms with Gasteiger partial charge in [-0.3, -0.25) is 9.25 Å². The topological polar surface area (TPSA) is 72.9 Å². The van der Waals surface area contributed by atoms with E-state index in [4.69, 9.17) is 5.11 Å². The van der Waals surface area contributed by atoms with Crippen molar-refractivity contribution in [2.45, 2.75) is 6.92 Å². The number of hydrogen-bond acceptors (Lipinski definition) is 3. The number of carbonyl (C=O) groups is 1. The van der Waals surface area contributed by atoms with Crippen LogP contribution in [0.4, 0.5) is 0 Å². The van der Waals surface area contributed by atoms with Gasteiger partial charge in [-0.2, -0.15) is 5.10 Å². The molecule has 0 radical (unpaired) electrons. The fourth-order valence-corrected chi connectivity index (χ4v) is 1.58. The lowest BCUT2D eigenvalue weighted by molar-refractivity contribution is 0.0696. The third kappa shape index (κ3) is 1.39. The Labute approximate surface area is 85.8 Å². The lowest BCUT2D eigenvalue weighted by Gasteiger charge is -2.03. The number of imidazole rings is 1. The maximum Gasteiger partial charge on any atom is 0.341 e. The number of carboxylic acid groups (broad SMARTS) is 1. The first-order valence-corrected chi connectivity index (χ1v) is 4.36. The molecule has 0 aliphatic carbocycles. The van der Waals surface area contributed by atoms with E-state index in [2.05, 4.69) is 10.1 Å². The van der Waals surface area contributed by atoms with Crippen LogP contribution >= 0.6 is 0 Å². The van der Waals surface area contributed by atoms with Gasteiger partial charge < -0.3 is 5.11 Å². The molecule has 0 atom stereocenters. The molecule has 0 amide bonds. The van der Waals surface area contributed by atoms with Gasteiger partial charge in [0.15, 0.2) is 5.82 Å². The fourth-order valence-electron chi connectivity index (χ4n) is 1.58. The summed E-state index contributed by atoms with van der Waals surface area (Å²) >= 11 is 0. The van der Waals surface area contributed by atoms with Gasteiger partial charge in [-0.15, -0.1) is 0 Å². The zero-order valence-corrected chi connectivity index (χ0v) is 8.38. The maximum atomic E-state index is 11.1. The predicted octanol–water partition coefficient (Wildman–Crippen LogP) is 0.612. The second-order valence-corrected chi connectivity index (χ2v) is 3.18. The molecule has 0 aliphatic rings. The molecule has 0 spiro atoms. The molecule has 2 aromatic rings. The van der Waals surface area contributed by atoms with Crippen molar-refractivity contribution in [3.8, 4) is 5.82 Å². The Kier molecular flexibility index (Phi) is 2.03. The third-order valence-corrected chi connectivity index (χ3v) is 2.15. The van der Waals surface area contributed by atoms with Crippen LogP contribution in [0.5, 0.6) is 0 Å². The van der Waals surface area contributed by atoms with Crippen LogP contribution in [0.3, 0.4) is 0 Å². The monoisotopic (exact) mass is 206 g/mol. The zero-order valence-electron chi connectivity index (χ0n) is 8.38. The van der Waals surface area contributed by atoms with E-state index < -0.39 is 5.97 Å². The van der Waals surface area contributed by atoms with Crippen molar-refractivity contribution in [1.82, 2.24) is 19.3 Å². The summed E-state index contributed by atoms with van der Waals surface area (Å²) < 4.78 is 3.16. The summed E-state index contributed by atoms with van der Waals surface area (Å²) in [4.78, 5) is 14.9. The molecule has 0 aromatic carbocycles. The van der Waals surface area contributed by atoms with Crippen LogP contribution in [-0.2, 0) is 7.05 Å². The zero-order chi connectivity index (χ0) is 11.0. The van der Waals surface area contributed by atoms with E-state index in [1.54, 1.807) is 37.3 Å². The van der Waals surface area contributed by atoms with Crippen molar-refractivity contribution in [3.05, 3.63) is 30.0 Å². The minimum Gasteiger partial charge on any atom is -0.477 e. The van der Waals surface area contributed by atoms with Gasteiger partial charge in [0, 0.05) is 19.4 Å². The van der Waals surface area contributed by atoms with Gasteiger partial charge in [0.05, 0.1) is 5.69 Å². The molecule has 1 N–H and O–H groups in total. The number of aromatic nitrogens is 4. The highest BCUT2D eigenvalue weighted by atomic mass is 16.4. The number of nitrogens with zero attached hydrogens (tertiary/aromatic N) is 4. The Hall–Kier alpha value is -2.11. The summed E-state index contributed by atoms with van der Waals surface area (Å²) in [6, 6.07) is 0. The van der Waals surface area contributed by atoms with E-state index in [0.717, 1.165) is 0 Å². The van der Waals surface area contributed by atoms with Gasteiger partial charge in [-0.05, 0) is 6.92 Å².